The highest BCUT2D eigenvalue weighted by Crippen LogP contribution is 2.40. The summed E-state index contributed by atoms with van der Waals surface area (Å²) in [5.74, 6) is 2.12. The number of nitrogen functional groups attached to an aromatic ring is 1. The van der Waals surface area contributed by atoms with E-state index in [9.17, 15) is 0 Å². The summed E-state index contributed by atoms with van der Waals surface area (Å²) in [5.41, 5.74) is 7.66. The molecule has 2 aliphatic heterocycles. The molecule has 0 radical (unpaired) electrons. The van der Waals surface area contributed by atoms with Crippen molar-refractivity contribution in [1.29, 1.82) is 0 Å². The Bertz CT molecular complexity index is 936. The largest absolute Gasteiger partial charge is 0.382 e. The molecule has 5 rings (SSSR count). The van der Waals surface area contributed by atoms with Gasteiger partial charge < -0.3 is 10.6 Å². The summed E-state index contributed by atoms with van der Waals surface area (Å²) in [5, 5.41) is 0.436. The fourth-order valence-corrected chi connectivity index (χ4v) is 4.60. The van der Waals surface area contributed by atoms with Crippen LogP contribution in [0.1, 0.15) is 32.1 Å². The smallest absolute Gasteiger partial charge is 0.155 e. The lowest BCUT2D eigenvalue weighted by Gasteiger charge is -2.36. The van der Waals surface area contributed by atoms with Crippen molar-refractivity contribution < 1.29 is 0 Å². The number of nitrogens with zero attached hydrogens (tertiary/aromatic N) is 5. The van der Waals surface area contributed by atoms with E-state index in [0.717, 1.165) is 22.7 Å². The lowest BCUT2D eigenvalue weighted by molar-refractivity contribution is 0.465. The molecule has 0 saturated carbocycles. The normalized spacial score (nSPS) is 22.7. The zero-order valence-corrected chi connectivity index (χ0v) is 14.5. The maximum Gasteiger partial charge on any atom is 0.155 e. The molecule has 2 atom stereocenters. The maximum atomic E-state index is 6.36. The molecule has 2 saturated heterocycles. The van der Waals surface area contributed by atoms with Crippen LogP contribution in [0, 0.1) is 0 Å². The zero-order chi connectivity index (χ0) is 17.0. The monoisotopic (exact) mass is 354 g/mol. The number of nitrogens with two attached hydrogens (primary N) is 1. The van der Waals surface area contributed by atoms with E-state index in [4.69, 9.17) is 22.3 Å². The summed E-state index contributed by atoms with van der Waals surface area (Å²) in [6.07, 6.45) is 13.7. The Kier molecular flexibility index (Phi) is 3.35. The highest BCUT2D eigenvalue weighted by Gasteiger charge is 2.38. The average molecular weight is 355 g/mol. The number of pyridine rings is 1. The standard InChI is InChI=1S/C18H19ClN6/c19-15-13(6-7-21-16(15)20)17-23-10-14-18(22-8-9-24(14)17)25-11-2-1-3-12(25)5-4-11/h6-12H,1-5H2,(H2,20,21)/t11-,12+. The topological polar surface area (TPSA) is 72.3 Å². The van der Waals surface area contributed by atoms with Gasteiger partial charge in [-0.25, -0.2) is 15.0 Å². The van der Waals surface area contributed by atoms with Gasteiger partial charge in [0.15, 0.2) is 5.82 Å². The van der Waals surface area contributed by atoms with Gasteiger partial charge in [-0.1, -0.05) is 11.6 Å². The van der Waals surface area contributed by atoms with E-state index in [0.29, 0.717) is 22.9 Å². The molecule has 0 amide bonds. The number of imidazole rings is 1. The SMILES string of the molecule is Nc1nccc(-c2ncc3c(N4[C@@H]5CCC[C@H]4CC5)nccn23)c1Cl. The van der Waals surface area contributed by atoms with Crippen molar-refractivity contribution in [3.05, 3.63) is 35.9 Å². The van der Waals surface area contributed by atoms with E-state index in [2.05, 4.69) is 19.3 Å². The number of hydrogen-bond donors (Lipinski definition) is 1. The first kappa shape index (κ1) is 15.0. The molecule has 128 valence electrons. The predicted molar refractivity (Wildman–Crippen MR) is 98.8 cm³/mol. The van der Waals surface area contributed by atoms with E-state index in [-0.39, 0.29) is 0 Å². The van der Waals surface area contributed by atoms with E-state index >= 15 is 0 Å². The van der Waals surface area contributed by atoms with E-state index in [1.165, 1.54) is 32.1 Å². The van der Waals surface area contributed by atoms with Crippen molar-refractivity contribution in [3.8, 4) is 11.4 Å². The number of fused-ring (bicyclic) bond motifs is 3. The molecule has 2 bridgehead atoms. The van der Waals surface area contributed by atoms with Crippen LogP contribution in [0.25, 0.3) is 16.9 Å². The first-order valence-electron chi connectivity index (χ1n) is 8.75. The molecule has 2 N–H and O–H groups in total. The fourth-order valence-electron chi connectivity index (χ4n) is 4.41. The molecule has 6 nitrogen and oxygen atoms in total. The lowest BCUT2D eigenvalue weighted by atomic mass is 10.0. The van der Waals surface area contributed by atoms with Gasteiger partial charge in [0.25, 0.3) is 0 Å². The van der Waals surface area contributed by atoms with Gasteiger partial charge in [-0.3, -0.25) is 4.40 Å². The van der Waals surface area contributed by atoms with Crippen LogP contribution in [-0.2, 0) is 0 Å². The van der Waals surface area contributed by atoms with Gasteiger partial charge in [0.2, 0.25) is 0 Å². The Morgan fingerprint density at radius 3 is 2.64 bits per heavy atom. The van der Waals surface area contributed by atoms with Gasteiger partial charge in [-0.15, -0.1) is 0 Å². The Labute approximate surface area is 150 Å². The number of hydrogen-bond acceptors (Lipinski definition) is 5. The van der Waals surface area contributed by atoms with Crippen molar-refractivity contribution in [1.82, 2.24) is 19.4 Å². The van der Waals surface area contributed by atoms with Gasteiger partial charge in [0, 0.05) is 36.2 Å². The second-order valence-electron chi connectivity index (χ2n) is 6.87. The molecule has 0 spiro atoms. The molecule has 7 heteroatoms. The molecule has 0 unspecified atom stereocenters. The minimum Gasteiger partial charge on any atom is -0.382 e. The Balaban J connectivity index is 1.67. The molecular weight excluding hydrogens is 336 g/mol. The molecule has 5 heterocycles. The maximum absolute atomic E-state index is 6.36. The molecule has 0 aromatic carbocycles. The third kappa shape index (κ3) is 2.20. The van der Waals surface area contributed by atoms with E-state index < -0.39 is 0 Å². The summed E-state index contributed by atoms with van der Waals surface area (Å²) in [6.45, 7) is 0. The Morgan fingerprint density at radius 2 is 1.84 bits per heavy atom. The van der Waals surface area contributed by atoms with Crippen molar-refractivity contribution in [3.63, 3.8) is 0 Å². The Morgan fingerprint density at radius 1 is 1.04 bits per heavy atom. The molecule has 2 aliphatic rings. The van der Waals surface area contributed by atoms with Crippen molar-refractivity contribution in [2.75, 3.05) is 10.6 Å². The van der Waals surface area contributed by atoms with Crippen molar-refractivity contribution >= 4 is 28.8 Å². The van der Waals surface area contributed by atoms with E-state index in [1.54, 1.807) is 6.20 Å². The molecule has 2 fully saturated rings. The highest BCUT2D eigenvalue weighted by molar-refractivity contribution is 6.35. The second kappa shape index (κ2) is 5.59. The van der Waals surface area contributed by atoms with Gasteiger partial charge in [-0.05, 0) is 38.2 Å². The minimum atomic E-state index is 0.319. The number of halogens is 1. The molecule has 3 aromatic heterocycles. The van der Waals surface area contributed by atoms with Crippen LogP contribution < -0.4 is 10.6 Å². The first-order chi connectivity index (χ1) is 12.2. The van der Waals surface area contributed by atoms with Gasteiger partial charge in [-0.2, -0.15) is 0 Å². The molecule has 3 aromatic rings. The van der Waals surface area contributed by atoms with Crippen LogP contribution in [0.2, 0.25) is 5.02 Å². The van der Waals surface area contributed by atoms with Gasteiger partial charge in [0.1, 0.15) is 17.2 Å². The fraction of sp³-hybridized carbons (Fsp3) is 0.389. The molecular formula is C18H19ClN6. The lowest BCUT2D eigenvalue weighted by Crippen LogP contribution is -2.40. The third-order valence-corrected chi connectivity index (χ3v) is 5.93. The summed E-state index contributed by atoms with van der Waals surface area (Å²) < 4.78 is 2.05. The molecule has 25 heavy (non-hydrogen) atoms. The summed E-state index contributed by atoms with van der Waals surface area (Å²) >= 11 is 6.36. The van der Waals surface area contributed by atoms with Crippen molar-refractivity contribution in [2.24, 2.45) is 0 Å². The molecule has 0 aliphatic carbocycles. The van der Waals surface area contributed by atoms with Gasteiger partial charge in [0.05, 0.1) is 11.2 Å². The average Bonchev–Trinajstić information content (AvgIpc) is 3.15. The van der Waals surface area contributed by atoms with Gasteiger partial charge >= 0.3 is 0 Å². The van der Waals surface area contributed by atoms with Crippen LogP contribution in [0.4, 0.5) is 11.6 Å². The van der Waals surface area contributed by atoms with Crippen LogP contribution in [-0.4, -0.2) is 31.4 Å². The summed E-state index contributed by atoms with van der Waals surface area (Å²) in [4.78, 5) is 15.9. The quantitative estimate of drug-likeness (QED) is 0.762. The zero-order valence-electron chi connectivity index (χ0n) is 13.8. The number of rotatable bonds is 2. The van der Waals surface area contributed by atoms with Crippen molar-refractivity contribution in [2.45, 2.75) is 44.2 Å². The third-order valence-electron chi connectivity index (χ3n) is 5.53. The number of piperidine rings is 1. The second-order valence-corrected chi connectivity index (χ2v) is 7.25. The predicted octanol–water partition coefficient (Wildman–Crippen LogP) is 3.55. The Hall–Kier alpha value is -2.34. The highest BCUT2D eigenvalue weighted by atomic mass is 35.5. The summed E-state index contributed by atoms with van der Waals surface area (Å²) in [7, 11) is 0. The number of anilines is 2. The van der Waals surface area contributed by atoms with E-state index in [1.807, 2.05) is 24.7 Å². The minimum absolute atomic E-state index is 0.319. The van der Waals surface area contributed by atoms with Crippen LogP contribution in [0.3, 0.4) is 0 Å². The number of aromatic nitrogens is 4. The first-order valence-corrected chi connectivity index (χ1v) is 9.12. The van der Waals surface area contributed by atoms with Crippen LogP contribution in [0.5, 0.6) is 0 Å². The van der Waals surface area contributed by atoms with Crippen LogP contribution >= 0.6 is 11.6 Å². The van der Waals surface area contributed by atoms with Crippen LogP contribution in [0.15, 0.2) is 30.9 Å². The summed E-state index contributed by atoms with van der Waals surface area (Å²) in [6, 6.07) is 3.06.